The zero-order valence-corrected chi connectivity index (χ0v) is 31.9. The molecule has 3 aromatic carbocycles. The number of nitrogens with two attached hydrogens (primary N) is 2. The third-order valence-corrected chi connectivity index (χ3v) is 9.76. The number of nitrogens with one attached hydrogen (secondary N) is 7. The average molecular weight is 728 g/mol. The number of rotatable bonds is 12. The van der Waals surface area contributed by atoms with Gasteiger partial charge in [-0.2, -0.15) is 0 Å². The summed E-state index contributed by atoms with van der Waals surface area (Å²) in [5.74, 6) is 1.57. The molecule has 0 saturated carbocycles. The number of anilines is 5. The van der Waals surface area contributed by atoms with Crippen molar-refractivity contribution in [1.29, 1.82) is 0 Å². The zero-order valence-electron chi connectivity index (χ0n) is 31.0. The largest absolute Gasteiger partial charge is 0.398 e. The van der Waals surface area contributed by atoms with E-state index >= 15 is 0 Å². The standard InChI is InChI=1S/C38H53N11O2S/c1-37(2,3)25-19-27(39)31(41-10-11-42-35-43-12-13-44-35)29(21-25)48-33(50)23-8-7-9-24(18-23)34(51)49-30-22-26(38(4,5)6)20-28(40)32(30)52-17-16-47-36-45-14-15-46-36/h7-9,18-22,41H,10-17,39-40H2,1-6H3,(H,48,50)(H,49,51)(H2,42,43,44)(H2,45,46,47). The van der Waals surface area contributed by atoms with Crippen molar-refractivity contribution in [2.24, 2.45) is 9.98 Å². The van der Waals surface area contributed by atoms with Gasteiger partial charge in [0.1, 0.15) is 0 Å². The van der Waals surface area contributed by atoms with E-state index in [2.05, 4.69) is 88.7 Å². The summed E-state index contributed by atoms with van der Waals surface area (Å²) < 4.78 is 0. The maximum atomic E-state index is 13.8. The van der Waals surface area contributed by atoms with Crippen LogP contribution in [0.4, 0.5) is 28.4 Å². The fourth-order valence-corrected chi connectivity index (χ4v) is 6.55. The van der Waals surface area contributed by atoms with E-state index in [1.165, 1.54) is 0 Å². The molecule has 0 bridgehead atoms. The molecule has 0 fully saturated rings. The molecule has 11 N–H and O–H groups in total. The van der Waals surface area contributed by atoms with Crippen molar-refractivity contribution in [3.63, 3.8) is 0 Å². The Balaban J connectivity index is 1.33. The molecule has 14 heteroatoms. The summed E-state index contributed by atoms with van der Waals surface area (Å²) in [5.41, 5.74) is 18.3. The van der Waals surface area contributed by atoms with Crippen LogP contribution < -0.4 is 48.7 Å². The van der Waals surface area contributed by atoms with Crippen molar-refractivity contribution in [2.75, 3.05) is 79.0 Å². The van der Waals surface area contributed by atoms with Crippen LogP contribution in [0, 0.1) is 0 Å². The Morgan fingerprint density at radius 2 is 1.23 bits per heavy atom. The Morgan fingerprint density at radius 3 is 1.79 bits per heavy atom. The second-order valence-electron chi connectivity index (χ2n) is 14.9. The first-order valence-corrected chi connectivity index (χ1v) is 18.7. The molecule has 2 heterocycles. The van der Waals surface area contributed by atoms with E-state index in [-0.39, 0.29) is 22.6 Å². The van der Waals surface area contributed by atoms with Gasteiger partial charge in [-0.05, 0) is 64.4 Å². The number of carbonyl (C=O) groups excluding carboxylic acids is 2. The van der Waals surface area contributed by atoms with Gasteiger partial charge in [0.05, 0.1) is 40.7 Å². The van der Waals surface area contributed by atoms with E-state index in [1.807, 2.05) is 24.3 Å². The van der Waals surface area contributed by atoms with Gasteiger partial charge >= 0.3 is 0 Å². The van der Waals surface area contributed by atoms with E-state index in [1.54, 1.807) is 36.0 Å². The first-order chi connectivity index (χ1) is 24.7. The average Bonchev–Trinajstić information content (AvgIpc) is 3.81. The fourth-order valence-electron chi connectivity index (χ4n) is 5.65. The molecule has 0 spiro atoms. The van der Waals surface area contributed by atoms with Crippen LogP contribution in [0.25, 0.3) is 0 Å². The number of thioether (sulfide) groups is 1. The van der Waals surface area contributed by atoms with Gasteiger partial charge in [0.15, 0.2) is 11.9 Å². The highest BCUT2D eigenvalue weighted by molar-refractivity contribution is 7.99. The molecule has 2 aliphatic rings. The minimum Gasteiger partial charge on any atom is -0.398 e. The van der Waals surface area contributed by atoms with Gasteiger partial charge in [-0.1, -0.05) is 47.6 Å². The minimum atomic E-state index is -0.366. The van der Waals surface area contributed by atoms with E-state index in [0.29, 0.717) is 65.0 Å². The highest BCUT2D eigenvalue weighted by Crippen LogP contribution is 2.38. The topological polar surface area (TPSA) is 195 Å². The maximum Gasteiger partial charge on any atom is 0.255 e. The second kappa shape index (κ2) is 16.5. The van der Waals surface area contributed by atoms with Crippen LogP contribution in [0.15, 0.2) is 63.4 Å². The number of benzene rings is 3. The molecular weight excluding hydrogens is 675 g/mol. The smallest absolute Gasteiger partial charge is 0.255 e. The van der Waals surface area contributed by atoms with Gasteiger partial charge in [0.2, 0.25) is 0 Å². The molecule has 5 rings (SSSR count). The van der Waals surface area contributed by atoms with E-state index < -0.39 is 0 Å². The van der Waals surface area contributed by atoms with Crippen molar-refractivity contribution in [1.82, 2.24) is 21.3 Å². The number of hydrogen-bond acceptors (Lipinski definition) is 12. The number of amides is 2. The molecule has 3 aromatic rings. The number of carbonyl (C=O) groups is 2. The lowest BCUT2D eigenvalue weighted by atomic mass is 9.86. The molecule has 0 radical (unpaired) electrons. The van der Waals surface area contributed by atoms with Gasteiger partial charge in [0, 0.05) is 55.3 Å². The number of nitrogen functional groups attached to an aromatic ring is 2. The maximum absolute atomic E-state index is 13.8. The molecule has 13 nitrogen and oxygen atoms in total. The van der Waals surface area contributed by atoms with Crippen molar-refractivity contribution >= 4 is 63.9 Å². The molecule has 0 aromatic heterocycles. The number of aliphatic imine (C=N–C) groups is 2. The molecule has 0 atom stereocenters. The number of guanidine groups is 2. The van der Waals surface area contributed by atoms with Crippen LogP contribution in [0.1, 0.15) is 73.4 Å². The van der Waals surface area contributed by atoms with Crippen molar-refractivity contribution in [2.45, 2.75) is 57.3 Å². The van der Waals surface area contributed by atoms with Crippen LogP contribution >= 0.6 is 11.8 Å². The minimum absolute atomic E-state index is 0.192. The van der Waals surface area contributed by atoms with Gasteiger partial charge in [0.25, 0.3) is 11.8 Å². The van der Waals surface area contributed by atoms with Crippen LogP contribution in [-0.2, 0) is 10.8 Å². The summed E-state index contributed by atoms with van der Waals surface area (Å²) in [5, 5.41) is 22.5. The number of nitrogens with zero attached hydrogens (tertiary/aromatic N) is 2. The second-order valence-corrected chi connectivity index (χ2v) is 16.0. The van der Waals surface area contributed by atoms with Crippen molar-refractivity contribution in [3.05, 3.63) is 70.8 Å². The Bertz CT molecular complexity index is 1710. The van der Waals surface area contributed by atoms with E-state index in [0.717, 1.165) is 54.1 Å². The predicted octanol–water partition coefficient (Wildman–Crippen LogP) is 4.55. The van der Waals surface area contributed by atoms with Crippen molar-refractivity contribution < 1.29 is 9.59 Å². The SMILES string of the molecule is CC(C)(C)c1cc(N)c(NCCNC2=NCCN2)c(NC(=O)c2cccc(C(=O)Nc3cc(C(C)(C)C)cc(N)c3SCCNC3=NCCN3)c2)c1. The summed E-state index contributed by atoms with van der Waals surface area (Å²) in [6, 6.07) is 14.5. The van der Waals surface area contributed by atoms with Crippen LogP contribution in [-0.4, -0.2) is 75.3 Å². The summed E-state index contributed by atoms with van der Waals surface area (Å²) in [6.45, 7) is 17.6. The summed E-state index contributed by atoms with van der Waals surface area (Å²) in [6.07, 6.45) is 0. The first-order valence-electron chi connectivity index (χ1n) is 17.7. The van der Waals surface area contributed by atoms with Crippen LogP contribution in [0.3, 0.4) is 0 Å². The third-order valence-electron chi connectivity index (χ3n) is 8.61. The lowest BCUT2D eigenvalue weighted by Gasteiger charge is -2.24. The van der Waals surface area contributed by atoms with Crippen molar-refractivity contribution in [3.8, 4) is 0 Å². The highest BCUT2D eigenvalue weighted by atomic mass is 32.2. The quantitative estimate of drug-likeness (QED) is 0.0726. The molecule has 52 heavy (non-hydrogen) atoms. The summed E-state index contributed by atoms with van der Waals surface area (Å²) in [4.78, 5) is 37.1. The molecule has 278 valence electrons. The summed E-state index contributed by atoms with van der Waals surface area (Å²) in [7, 11) is 0. The Kier molecular flexibility index (Phi) is 12.1. The van der Waals surface area contributed by atoms with Gasteiger partial charge in [-0.15, -0.1) is 11.8 Å². The lowest BCUT2D eigenvalue weighted by Crippen LogP contribution is -2.36. The lowest BCUT2D eigenvalue weighted by molar-refractivity contribution is 0.102. The molecule has 2 aliphatic heterocycles. The van der Waals surface area contributed by atoms with Crippen LogP contribution in [0.5, 0.6) is 0 Å². The highest BCUT2D eigenvalue weighted by Gasteiger charge is 2.22. The summed E-state index contributed by atoms with van der Waals surface area (Å²) >= 11 is 1.56. The molecule has 0 aliphatic carbocycles. The van der Waals surface area contributed by atoms with Gasteiger partial charge in [-0.25, -0.2) is 0 Å². The monoisotopic (exact) mass is 727 g/mol. The van der Waals surface area contributed by atoms with Crippen LogP contribution in [0.2, 0.25) is 0 Å². The molecular formula is C38H53N11O2S. The normalized spacial score (nSPS) is 14.1. The molecule has 0 saturated heterocycles. The first kappa shape index (κ1) is 38.1. The Hall–Kier alpha value is -5.11. The molecule has 0 unspecified atom stereocenters. The third kappa shape index (κ3) is 10.0. The fraction of sp³-hybridized carbons (Fsp3) is 0.421. The van der Waals surface area contributed by atoms with E-state index in [9.17, 15) is 9.59 Å². The van der Waals surface area contributed by atoms with Gasteiger partial charge < -0.3 is 48.7 Å². The van der Waals surface area contributed by atoms with Gasteiger partial charge in [-0.3, -0.25) is 19.6 Å². The Morgan fingerprint density at radius 1 is 0.712 bits per heavy atom. The molecule has 2 amide bonds. The Labute approximate surface area is 311 Å². The van der Waals surface area contributed by atoms with E-state index in [4.69, 9.17) is 11.5 Å². The predicted molar refractivity (Wildman–Crippen MR) is 217 cm³/mol. The number of hydrogen-bond donors (Lipinski definition) is 9. The zero-order chi connectivity index (χ0) is 37.5.